The second-order valence-electron chi connectivity index (χ2n) is 6.91. The zero-order valence-corrected chi connectivity index (χ0v) is 16.6. The number of rotatable bonds is 9. The quantitative estimate of drug-likeness (QED) is 0.664. The fourth-order valence-electron chi connectivity index (χ4n) is 2.35. The molecule has 0 fully saturated rings. The second kappa shape index (κ2) is 9.98. The van der Waals surface area contributed by atoms with Gasteiger partial charge in [0.15, 0.2) is 12.7 Å². The molecule has 28 heavy (non-hydrogen) atoms. The van der Waals surface area contributed by atoms with Crippen LogP contribution in [0.4, 0.5) is 10.2 Å². The Morgan fingerprint density at radius 3 is 2.54 bits per heavy atom. The molecule has 1 atom stereocenters. The van der Waals surface area contributed by atoms with Gasteiger partial charge in [-0.1, -0.05) is 13.8 Å². The largest absolute Gasteiger partial charge is 0.454 e. The molecule has 0 aliphatic rings. The highest BCUT2D eigenvalue weighted by atomic mass is 19.1. The highest BCUT2D eigenvalue weighted by molar-refractivity contribution is 5.92. The van der Waals surface area contributed by atoms with Gasteiger partial charge in [-0.15, -0.1) is 0 Å². The van der Waals surface area contributed by atoms with Crippen LogP contribution >= 0.6 is 0 Å². The summed E-state index contributed by atoms with van der Waals surface area (Å²) in [6.07, 6.45) is 0.101. The Labute approximate surface area is 163 Å². The van der Waals surface area contributed by atoms with Gasteiger partial charge in [-0.05, 0) is 50.5 Å². The van der Waals surface area contributed by atoms with E-state index >= 15 is 0 Å². The first kappa shape index (κ1) is 21.6. The SMILES string of the molecule is Cc1cc(NC(=O)COC(=O)C(C)OCCC(C)C)n(-c2ccc(F)cc2)n1. The number of aromatic nitrogens is 2. The van der Waals surface area contributed by atoms with Gasteiger partial charge in [-0.2, -0.15) is 5.10 Å². The van der Waals surface area contributed by atoms with E-state index in [1.165, 1.54) is 16.8 Å². The van der Waals surface area contributed by atoms with Crippen molar-refractivity contribution in [1.82, 2.24) is 9.78 Å². The van der Waals surface area contributed by atoms with Crippen LogP contribution in [0.25, 0.3) is 5.69 Å². The van der Waals surface area contributed by atoms with E-state index in [2.05, 4.69) is 24.3 Å². The van der Waals surface area contributed by atoms with E-state index in [9.17, 15) is 14.0 Å². The average Bonchev–Trinajstić information content (AvgIpc) is 3.00. The summed E-state index contributed by atoms with van der Waals surface area (Å²) >= 11 is 0. The summed E-state index contributed by atoms with van der Waals surface area (Å²) in [4.78, 5) is 24.1. The van der Waals surface area contributed by atoms with Gasteiger partial charge in [0.05, 0.1) is 11.4 Å². The highest BCUT2D eigenvalue weighted by Gasteiger charge is 2.18. The van der Waals surface area contributed by atoms with E-state index in [4.69, 9.17) is 9.47 Å². The topological polar surface area (TPSA) is 82.5 Å². The van der Waals surface area contributed by atoms with Gasteiger partial charge in [-0.3, -0.25) is 4.79 Å². The number of aryl methyl sites for hydroxylation is 1. The zero-order chi connectivity index (χ0) is 20.7. The van der Waals surface area contributed by atoms with Crippen molar-refractivity contribution in [2.45, 2.75) is 40.2 Å². The standard InChI is InChI=1S/C20H26FN3O4/c1-13(2)9-10-27-15(4)20(26)28-12-19(25)22-18-11-14(3)23-24(18)17-7-5-16(21)6-8-17/h5-8,11,13,15H,9-10,12H2,1-4H3,(H,22,25). The van der Waals surface area contributed by atoms with Crippen LogP contribution in [0.3, 0.4) is 0 Å². The third-order valence-corrected chi connectivity index (χ3v) is 3.91. The Morgan fingerprint density at radius 1 is 1.21 bits per heavy atom. The summed E-state index contributed by atoms with van der Waals surface area (Å²) in [5, 5.41) is 6.93. The van der Waals surface area contributed by atoms with Crippen molar-refractivity contribution in [3.05, 3.63) is 41.8 Å². The van der Waals surface area contributed by atoms with Gasteiger partial charge in [0.25, 0.3) is 5.91 Å². The fourth-order valence-corrected chi connectivity index (χ4v) is 2.35. The van der Waals surface area contributed by atoms with Crippen LogP contribution in [0.1, 0.15) is 32.9 Å². The van der Waals surface area contributed by atoms with Gasteiger partial charge in [-0.25, -0.2) is 13.9 Å². The van der Waals surface area contributed by atoms with Crippen molar-refractivity contribution < 1.29 is 23.5 Å². The first-order valence-electron chi connectivity index (χ1n) is 9.17. The lowest BCUT2D eigenvalue weighted by Gasteiger charge is -2.14. The lowest BCUT2D eigenvalue weighted by Crippen LogP contribution is -2.28. The molecule has 1 unspecified atom stereocenters. The lowest BCUT2D eigenvalue weighted by molar-refractivity contribution is -0.158. The van der Waals surface area contributed by atoms with E-state index in [1.54, 1.807) is 32.0 Å². The predicted molar refractivity (Wildman–Crippen MR) is 103 cm³/mol. The molecule has 0 aliphatic carbocycles. The third-order valence-electron chi connectivity index (χ3n) is 3.91. The van der Waals surface area contributed by atoms with Crippen LogP contribution in [0.2, 0.25) is 0 Å². The van der Waals surface area contributed by atoms with Gasteiger partial charge in [0.2, 0.25) is 0 Å². The number of hydrogen-bond acceptors (Lipinski definition) is 5. The minimum Gasteiger partial charge on any atom is -0.454 e. The number of amides is 1. The summed E-state index contributed by atoms with van der Waals surface area (Å²) in [5.74, 6) is -0.599. The Kier molecular flexibility index (Phi) is 7.69. The maximum atomic E-state index is 13.1. The maximum Gasteiger partial charge on any atom is 0.335 e. The third kappa shape index (κ3) is 6.45. The van der Waals surface area contributed by atoms with E-state index in [-0.39, 0.29) is 5.82 Å². The van der Waals surface area contributed by atoms with E-state index < -0.39 is 24.6 Å². The zero-order valence-electron chi connectivity index (χ0n) is 16.6. The van der Waals surface area contributed by atoms with E-state index in [0.717, 1.165) is 6.42 Å². The molecule has 1 amide bonds. The molecule has 1 aromatic carbocycles. The molecular formula is C20H26FN3O4. The number of carbonyl (C=O) groups excluding carboxylic acids is 2. The fraction of sp³-hybridized carbons (Fsp3) is 0.450. The molecule has 0 spiro atoms. The number of hydrogen-bond donors (Lipinski definition) is 1. The normalized spacial score (nSPS) is 12.1. The number of carbonyl (C=O) groups is 2. The number of esters is 1. The molecule has 0 saturated heterocycles. The second-order valence-corrected chi connectivity index (χ2v) is 6.91. The van der Waals surface area contributed by atoms with Gasteiger partial charge in [0.1, 0.15) is 11.6 Å². The lowest BCUT2D eigenvalue weighted by atomic mass is 10.1. The molecule has 0 saturated carbocycles. The summed E-state index contributed by atoms with van der Waals surface area (Å²) < 4.78 is 25.0. The van der Waals surface area contributed by atoms with Crippen LogP contribution in [0, 0.1) is 18.7 Å². The molecule has 7 nitrogen and oxygen atoms in total. The molecule has 2 aromatic rings. The molecule has 2 rings (SSSR count). The highest BCUT2D eigenvalue weighted by Crippen LogP contribution is 2.17. The molecular weight excluding hydrogens is 365 g/mol. The molecule has 1 heterocycles. The molecule has 8 heteroatoms. The minimum absolute atomic E-state index is 0.366. The molecule has 0 aliphatic heterocycles. The Balaban J connectivity index is 1.90. The first-order chi connectivity index (χ1) is 13.3. The number of benzene rings is 1. The Hall–Kier alpha value is -2.74. The molecule has 152 valence electrons. The van der Waals surface area contributed by atoms with Crippen LogP contribution in [-0.4, -0.2) is 41.0 Å². The summed E-state index contributed by atoms with van der Waals surface area (Å²) in [6.45, 7) is 7.50. The predicted octanol–water partition coefficient (Wildman–Crippen LogP) is 3.25. The van der Waals surface area contributed by atoms with Crippen molar-refractivity contribution in [1.29, 1.82) is 0 Å². The number of nitrogens with one attached hydrogen (secondary N) is 1. The van der Waals surface area contributed by atoms with Crippen LogP contribution in [-0.2, 0) is 19.1 Å². The smallest absolute Gasteiger partial charge is 0.335 e. The van der Waals surface area contributed by atoms with Gasteiger partial charge >= 0.3 is 5.97 Å². The van der Waals surface area contributed by atoms with Crippen molar-refractivity contribution >= 4 is 17.7 Å². The number of halogens is 1. The summed E-state index contributed by atoms with van der Waals surface area (Å²) in [5.41, 5.74) is 1.26. The Morgan fingerprint density at radius 2 is 1.89 bits per heavy atom. The number of nitrogens with zero attached hydrogens (tertiary/aromatic N) is 2. The first-order valence-corrected chi connectivity index (χ1v) is 9.17. The van der Waals surface area contributed by atoms with Crippen molar-refractivity contribution in [3.8, 4) is 5.69 Å². The monoisotopic (exact) mass is 391 g/mol. The van der Waals surface area contributed by atoms with E-state index in [0.29, 0.717) is 29.7 Å². The summed E-state index contributed by atoms with van der Waals surface area (Å²) in [6, 6.07) is 7.38. The minimum atomic E-state index is -0.737. The number of anilines is 1. The van der Waals surface area contributed by atoms with Crippen LogP contribution < -0.4 is 5.32 Å². The Bertz CT molecular complexity index is 802. The van der Waals surface area contributed by atoms with Crippen LogP contribution in [0.5, 0.6) is 0 Å². The number of ether oxygens (including phenoxy) is 2. The average molecular weight is 391 g/mol. The van der Waals surface area contributed by atoms with Crippen molar-refractivity contribution in [2.75, 3.05) is 18.5 Å². The summed E-state index contributed by atoms with van der Waals surface area (Å²) in [7, 11) is 0. The van der Waals surface area contributed by atoms with Gasteiger partial charge < -0.3 is 14.8 Å². The van der Waals surface area contributed by atoms with Crippen LogP contribution in [0.15, 0.2) is 30.3 Å². The molecule has 0 radical (unpaired) electrons. The molecule has 1 aromatic heterocycles. The van der Waals surface area contributed by atoms with E-state index in [1.807, 2.05) is 0 Å². The van der Waals surface area contributed by atoms with Crippen molar-refractivity contribution in [3.63, 3.8) is 0 Å². The maximum absolute atomic E-state index is 13.1. The van der Waals surface area contributed by atoms with Gasteiger partial charge in [0, 0.05) is 12.7 Å². The molecule has 1 N–H and O–H groups in total. The molecule has 0 bridgehead atoms. The van der Waals surface area contributed by atoms with Crippen molar-refractivity contribution in [2.24, 2.45) is 5.92 Å².